The Balaban J connectivity index is 2.04. The third kappa shape index (κ3) is 1.81. The van der Waals surface area contributed by atoms with Crippen LogP contribution in [0.25, 0.3) is 0 Å². The summed E-state index contributed by atoms with van der Waals surface area (Å²) in [6, 6.07) is 2.91. The van der Waals surface area contributed by atoms with Gasteiger partial charge in [-0.05, 0) is 36.3 Å². The maximum atomic E-state index is 11.8. The van der Waals surface area contributed by atoms with E-state index < -0.39 is 17.1 Å². The second-order valence-electron chi connectivity index (χ2n) is 6.52. The summed E-state index contributed by atoms with van der Waals surface area (Å²) < 4.78 is 11.6. The van der Waals surface area contributed by atoms with Gasteiger partial charge in [0.1, 0.15) is 29.5 Å². The fraction of sp³-hybridized carbons (Fsp3) is 0.389. The van der Waals surface area contributed by atoms with E-state index in [1.165, 1.54) is 24.3 Å². The Labute approximate surface area is 138 Å². The van der Waals surface area contributed by atoms with Crippen LogP contribution in [0.2, 0.25) is 0 Å². The molecule has 1 fully saturated rings. The van der Waals surface area contributed by atoms with Crippen LogP contribution in [0.3, 0.4) is 0 Å². The van der Waals surface area contributed by atoms with Crippen molar-refractivity contribution in [2.45, 2.75) is 30.5 Å². The van der Waals surface area contributed by atoms with Gasteiger partial charge in [0.2, 0.25) is 0 Å². The molecule has 0 unspecified atom stereocenters. The lowest BCUT2D eigenvalue weighted by Gasteiger charge is -2.55. The zero-order chi connectivity index (χ0) is 17.1. The molecule has 126 valence electrons. The van der Waals surface area contributed by atoms with Crippen molar-refractivity contribution in [2.75, 3.05) is 13.2 Å². The number of ether oxygens (including phenoxy) is 2. The number of phenols is 2. The zero-order valence-electron chi connectivity index (χ0n) is 13.2. The molecule has 3 N–H and O–H groups in total. The Morgan fingerprint density at radius 1 is 1.33 bits per heavy atom. The van der Waals surface area contributed by atoms with Crippen LogP contribution >= 0.6 is 0 Å². The number of phenolic OH excluding ortho intramolecular Hbond substituents is 2. The fourth-order valence-electron chi connectivity index (χ4n) is 4.11. The number of hydrogen-bond acceptors (Lipinski definition) is 6. The summed E-state index contributed by atoms with van der Waals surface area (Å²) in [5.74, 6) is -0.321. The molecule has 2 bridgehead atoms. The molecule has 1 spiro atoms. The number of benzene rings is 1. The summed E-state index contributed by atoms with van der Waals surface area (Å²) in [5.41, 5.74) is -0.947. The van der Waals surface area contributed by atoms with Gasteiger partial charge in [-0.25, -0.2) is 0 Å². The standard InChI is InChI=1S/C18H18O6/c1-2-23-16-17(22)8-10-5-13(20)14(21)7-12(10)18(16)4-3-11(19)6-15(18)24-9-17/h3-7,16,20-22H,2,8-9H2,1H3/t16-,17+,18+/m0/s1. The van der Waals surface area contributed by atoms with Crippen LogP contribution in [0.5, 0.6) is 11.5 Å². The average molecular weight is 330 g/mol. The molecule has 0 radical (unpaired) electrons. The van der Waals surface area contributed by atoms with Crippen LogP contribution in [0.15, 0.2) is 36.1 Å². The summed E-state index contributed by atoms with van der Waals surface area (Å²) in [6.45, 7) is 2.21. The smallest absolute Gasteiger partial charge is 0.181 e. The van der Waals surface area contributed by atoms with E-state index in [0.717, 1.165) is 0 Å². The van der Waals surface area contributed by atoms with Crippen LogP contribution in [-0.2, 0) is 26.1 Å². The first-order valence-electron chi connectivity index (χ1n) is 7.88. The minimum Gasteiger partial charge on any atom is -0.504 e. The number of aromatic hydroxyl groups is 2. The van der Waals surface area contributed by atoms with E-state index in [1.807, 2.05) is 6.92 Å². The van der Waals surface area contributed by atoms with Gasteiger partial charge in [-0.2, -0.15) is 0 Å². The van der Waals surface area contributed by atoms with E-state index >= 15 is 0 Å². The lowest BCUT2D eigenvalue weighted by molar-refractivity contribution is -0.190. The maximum Gasteiger partial charge on any atom is 0.181 e. The quantitative estimate of drug-likeness (QED) is 0.702. The van der Waals surface area contributed by atoms with Gasteiger partial charge in [0.25, 0.3) is 0 Å². The molecule has 1 heterocycles. The SMILES string of the molecule is CCO[C@H]1[C@]2(O)COC3=CC(=O)C=C[C@@]31c1cc(O)c(O)cc1C2. The molecule has 24 heavy (non-hydrogen) atoms. The van der Waals surface area contributed by atoms with Gasteiger partial charge < -0.3 is 24.8 Å². The van der Waals surface area contributed by atoms with Crippen molar-refractivity contribution in [1.82, 2.24) is 0 Å². The van der Waals surface area contributed by atoms with Crippen LogP contribution in [0, 0.1) is 0 Å². The number of aliphatic hydroxyl groups is 1. The zero-order valence-corrected chi connectivity index (χ0v) is 13.2. The van der Waals surface area contributed by atoms with Gasteiger partial charge in [0, 0.05) is 19.1 Å². The van der Waals surface area contributed by atoms with Gasteiger partial charge in [-0.15, -0.1) is 0 Å². The van der Waals surface area contributed by atoms with Crippen molar-refractivity contribution in [1.29, 1.82) is 0 Å². The summed E-state index contributed by atoms with van der Waals surface area (Å²) in [6.07, 6.45) is 4.05. The summed E-state index contributed by atoms with van der Waals surface area (Å²) in [7, 11) is 0. The van der Waals surface area contributed by atoms with Crippen molar-refractivity contribution in [3.63, 3.8) is 0 Å². The first-order valence-corrected chi connectivity index (χ1v) is 7.88. The number of fused-ring (bicyclic) bond motifs is 2. The Hall–Kier alpha value is -2.31. The predicted octanol–water partition coefficient (Wildman–Crippen LogP) is 1.08. The minimum absolute atomic E-state index is 0.00650. The predicted molar refractivity (Wildman–Crippen MR) is 83.7 cm³/mol. The average Bonchev–Trinajstić information content (AvgIpc) is 2.53. The molecule has 3 atom stereocenters. The van der Waals surface area contributed by atoms with E-state index in [0.29, 0.717) is 23.5 Å². The van der Waals surface area contributed by atoms with E-state index in [2.05, 4.69) is 0 Å². The molecule has 2 aliphatic carbocycles. The third-order valence-corrected chi connectivity index (χ3v) is 5.05. The first kappa shape index (κ1) is 15.2. The number of carbonyl (C=O) groups is 1. The Kier molecular flexibility index (Phi) is 3.07. The minimum atomic E-state index is -1.30. The van der Waals surface area contributed by atoms with Crippen molar-refractivity contribution in [3.05, 3.63) is 47.2 Å². The largest absolute Gasteiger partial charge is 0.504 e. The van der Waals surface area contributed by atoms with Gasteiger partial charge in [0.15, 0.2) is 17.3 Å². The van der Waals surface area contributed by atoms with Crippen LogP contribution in [0.1, 0.15) is 18.1 Å². The molecule has 0 aromatic heterocycles. The van der Waals surface area contributed by atoms with Crippen molar-refractivity contribution >= 4 is 5.78 Å². The molecular weight excluding hydrogens is 312 g/mol. The lowest BCUT2D eigenvalue weighted by Crippen LogP contribution is -2.66. The van der Waals surface area contributed by atoms with Gasteiger partial charge >= 0.3 is 0 Å². The number of carbonyl (C=O) groups excluding carboxylic acids is 1. The second kappa shape index (κ2) is 4.84. The topological polar surface area (TPSA) is 96.2 Å². The van der Waals surface area contributed by atoms with E-state index in [1.54, 1.807) is 6.08 Å². The molecule has 6 nitrogen and oxygen atoms in total. The highest BCUT2D eigenvalue weighted by Gasteiger charge is 2.62. The highest BCUT2D eigenvalue weighted by molar-refractivity contribution is 6.01. The Morgan fingerprint density at radius 3 is 2.83 bits per heavy atom. The highest BCUT2D eigenvalue weighted by Crippen LogP contribution is 2.55. The highest BCUT2D eigenvalue weighted by atomic mass is 16.5. The molecule has 6 heteroatoms. The molecule has 0 amide bonds. The molecule has 4 rings (SSSR count). The monoisotopic (exact) mass is 330 g/mol. The second-order valence-corrected chi connectivity index (χ2v) is 6.52. The van der Waals surface area contributed by atoms with Crippen LogP contribution in [0.4, 0.5) is 0 Å². The van der Waals surface area contributed by atoms with E-state index in [4.69, 9.17) is 9.47 Å². The number of ketones is 1. The van der Waals surface area contributed by atoms with Gasteiger partial charge in [-0.1, -0.05) is 6.08 Å². The Bertz CT molecular complexity index is 795. The van der Waals surface area contributed by atoms with E-state index in [-0.39, 0.29) is 30.3 Å². The normalized spacial score (nSPS) is 33.3. The molecule has 1 aliphatic heterocycles. The molecule has 1 aromatic carbocycles. The van der Waals surface area contributed by atoms with Crippen molar-refractivity contribution in [3.8, 4) is 11.5 Å². The Morgan fingerprint density at radius 2 is 2.08 bits per heavy atom. The molecular formula is C18H18O6. The van der Waals surface area contributed by atoms with E-state index in [9.17, 15) is 20.1 Å². The first-order chi connectivity index (χ1) is 11.4. The summed E-state index contributed by atoms with van der Waals surface area (Å²) in [4.78, 5) is 11.8. The van der Waals surface area contributed by atoms with Gasteiger partial charge in [-0.3, -0.25) is 4.79 Å². The lowest BCUT2D eigenvalue weighted by atomic mass is 9.58. The molecule has 1 saturated heterocycles. The summed E-state index contributed by atoms with van der Waals surface area (Å²) >= 11 is 0. The number of hydrogen-bond donors (Lipinski definition) is 3. The van der Waals surface area contributed by atoms with Crippen molar-refractivity contribution in [2.24, 2.45) is 0 Å². The van der Waals surface area contributed by atoms with Crippen LogP contribution < -0.4 is 0 Å². The van der Waals surface area contributed by atoms with Crippen molar-refractivity contribution < 1.29 is 29.6 Å². The molecule has 0 saturated carbocycles. The maximum absolute atomic E-state index is 11.8. The fourth-order valence-corrected chi connectivity index (χ4v) is 4.11. The van der Waals surface area contributed by atoms with Gasteiger partial charge in [0.05, 0.1) is 0 Å². The number of allylic oxidation sites excluding steroid dienone is 2. The summed E-state index contributed by atoms with van der Waals surface area (Å²) in [5, 5.41) is 31.0. The third-order valence-electron chi connectivity index (χ3n) is 5.05. The molecule has 1 aromatic rings. The van der Waals surface area contributed by atoms with Crippen LogP contribution in [-0.4, -0.2) is 46.0 Å². The molecule has 3 aliphatic rings. The number of rotatable bonds is 2.